The molecule has 0 aromatic heterocycles. The number of sulfonamides is 1. The van der Waals surface area contributed by atoms with Crippen molar-refractivity contribution in [2.75, 3.05) is 13.1 Å². The minimum absolute atomic E-state index is 0.0364. The van der Waals surface area contributed by atoms with Crippen molar-refractivity contribution in [2.45, 2.75) is 102 Å². The summed E-state index contributed by atoms with van der Waals surface area (Å²) < 4.78 is 23.3. The van der Waals surface area contributed by atoms with Crippen LogP contribution in [0, 0.1) is 11.8 Å². The molecule has 36 heavy (non-hydrogen) atoms. The lowest BCUT2D eigenvalue weighted by molar-refractivity contribution is -0.132. The second-order valence-corrected chi connectivity index (χ2v) is 12.3. The number of primary sulfonamides is 1. The van der Waals surface area contributed by atoms with Gasteiger partial charge in [-0.25, -0.2) is 13.6 Å². The summed E-state index contributed by atoms with van der Waals surface area (Å²) in [6.07, 6.45) is 12.0. The maximum Gasteiger partial charge on any atom is 0.238 e. The van der Waals surface area contributed by atoms with Gasteiger partial charge >= 0.3 is 0 Å². The van der Waals surface area contributed by atoms with Gasteiger partial charge in [0.15, 0.2) is 0 Å². The quantitative estimate of drug-likeness (QED) is 0.413. The van der Waals surface area contributed by atoms with Crippen LogP contribution in [-0.2, 0) is 26.2 Å². The smallest absolute Gasteiger partial charge is 0.238 e. The first kappa shape index (κ1) is 28.6. The molecule has 8 nitrogen and oxygen atoms in total. The maximum absolute atomic E-state index is 13.2. The van der Waals surface area contributed by atoms with Crippen molar-refractivity contribution in [3.8, 4) is 0 Å². The molecule has 4 N–H and O–H groups in total. The first-order chi connectivity index (χ1) is 17.1. The Kier molecular flexibility index (Phi) is 10.8. The van der Waals surface area contributed by atoms with Crippen LogP contribution in [0.15, 0.2) is 29.2 Å². The highest BCUT2D eigenvalue weighted by Crippen LogP contribution is 2.24. The van der Waals surface area contributed by atoms with E-state index in [2.05, 4.69) is 10.6 Å². The Hall–Kier alpha value is -1.97. The molecule has 0 aliphatic heterocycles. The summed E-state index contributed by atoms with van der Waals surface area (Å²) in [6, 6.07) is 5.25. The topological polar surface area (TPSA) is 122 Å². The molecule has 2 saturated carbocycles. The highest BCUT2D eigenvalue weighted by molar-refractivity contribution is 7.89. The first-order valence-corrected chi connectivity index (χ1v) is 15.1. The van der Waals surface area contributed by atoms with E-state index in [1.807, 2.05) is 18.7 Å². The Morgan fingerprint density at radius 3 is 1.64 bits per heavy atom. The average Bonchev–Trinajstić information content (AvgIpc) is 2.89. The maximum atomic E-state index is 13.2. The van der Waals surface area contributed by atoms with Crippen molar-refractivity contribution in [3.63, 3.8) is 0 Å². The summed E-state index contributed by atoms with van der Waals surface area (Å²) in [4.78, 5) is 28.2. The van der Waals surface area contributed by atoms with E-state index in [-0.39, 0.29) is 16.7 Å². The number of carbonyl (C=O) groups is 2. The Morgan fingerprint density at radius 1 is 0.833 bits per heavy atom. The van der Waals surface area contributed by atoms with Crippen molar-refractivity contribution < 1.29 is 18.0 Å². The van der Waals surface area contributed by atoms with E-state index in [4.69, 9.17) is 5.14 Å². The molecule has 2 aliphatic rings. The molecule has 0 spiro atoms. The number of rotatable bonds is 11. The Labute approximate surface area is 216 Å². The predicted molar refractivity (Wildman–Crippen MR) is 141 cm³/mol. The van der Waals surface area contributed by atoms with Gasteiger partial charge in [0.1, 0.15) is 0 Å². The molecule has 2 amide bonds. The zero-order chi connectivity index (χ0) is 26.1. The molecule has 1 aromatic rings. The van der Waals surface area contributed by atoms with Crippen LogP contribution >= 0.6 is 0 Å². The third-order valence-corrected chi connectivity index (χ3v) is 8.88. The number of hydrogen-bond donors (Lipinski definition) is 3. The van der Waals surface area contributed by atoms with E-state index >= 15 is 0 Å². The van der Waals surface area contributed by atoms with Crippen LogP contribution < -0.4 is 15.8 Å². The fourth-order valence-corrected chi connectivity index (χ4v) is 5.99. The summed E-state index contributed by atoms with van der Waals surface area (Å²) in [5.74, 6) is 0.859. The number of nitrogens with zero attached hydrogens (tertiary/aromatic N) is 1. The molecular weight excluding hydrogens is 476 g/mol. The summed E-state index contributed by atoms with van der Waals surface area (Å²) in [7, 11) is -3.79. The molecule has 0 unspecified atom stereocenters. The van der Waals surface area contributed by atoms with E-state index in [1.54, 1.807) is 12.1 Å². The van der Waals surface area contributed by atoms with Gasteiger partial charge in [-0.3, -0.25) is 14.5 Å². The highest BCUT2D eigenvalue weighted by atomic mass is 32.2. The van der Waals surface area contributed by atoms with Gasteiger partial charge in [0.25, 0.3) is 0 Å². The van der Waals surface area contributed by atoms with Crippen LogP contribution in [0.1, 0.15) is 83.6 Å². The number of amides is 2. The monoisotopic (exact) mass is 520 g/mol. The van der Waals surface area contributed by atoms with Crippen molar-refractivity contribution in [2.24, 2.45) is 17.0 Å². The third kappa shape index (κ3) is 8.56. The fraction of sp³-hybridized carbons (Fsp3) is 0.704. The standard InChI is InChI=1S/C27H44N4O4S/c1-20(26(32)29-17-22-9-5-3-6-10-22)31(19-24-13-15-25(16-14-24)36(28,34)35)21(2)27(33)30-18-23-11-7-4-8-12-23/h13-16,20-23H,3-12,17-19H2,1-2H3,(H,29,32)(H,30,33)(H2,28,34,35)/t20-,21-/m0/s1. The lowest BCUT2D eigenvalue weighted by atomic mass is 9.89. The Morgan fingerprint density at radius 2 is 1.25 bits per heavy atom. The van der Waals surface area contributed by atoms with Crippen molar-refractivity contribution in [1.82, 2.24) is 15.5 Å². The number of hydrogen-bond acceptors (Lipinski definition) is 5. The molecular formula is C27H44N4O4S. The summed E-state index contributed by atoms with van der Waals surface area (Å²) in [5, 5.41) is 11.5. The molecule has 1 aromatic carbocycles. The van der Waals surface area contributed by atoms with Crippen molar-refractivity contribution in [3.05, 3.63) is 29.8 Å². The molecule has 3 rings (SSSR count). The number of benzene rings is 1. The Bertz CT molecular complexity index is 914. The minimum atomic E-state index is -3.79. The second-order valence-electron chi connectivity index (χ2n) is 10.7. The van der Waals surface area contributed by atoms with Crippen LogP contribution in [-0.4, -0.2) is 50.3 Å². The zero-order valence-electron chi connectivity index (χ0n) is 21.9. The predicted octanol–water partition coefficient (Wildman–Crippen LogP) is 3.31. The van der Waals surface area contributed by atoms with E-state index < -0.39 is 22.1 Å². The fourth-order valence-electron chi connectivity index (χ4n) is 5.47. The molecule has 9 heteroatoms. The summed E-state index contributed by atoms with van der Waals surface area (Å²) in [6.45, 7) is 5.34. The minimum Gasteiger partial charge on any atom is -0.354 e. The second kappa shape index (κ2) is 13.5. The molecule has 2 fully saturated rings. The molecule has 0 saturated heterocycles. The van der Waals surface area contributed by atoms with Crippen molar-refractivity contribution in [1.29, 1.82) is 0 Å². The van der Waals surface area contributed by atoms with Gasteiger partial charge in [-0.05, 0) is 69.1 Å². The third-order valence-electron chi connectivity index (χ3n) is 7.95. The summed E-state index contributed by atoms with van der Waals surface area (Å²) >= 11 is 0. The van der Waals surface area contributed by atoms with Crippen LogP contribution in [0.2, 0.25) is 0 Å². The van der Waals surface area contributed by atoms with Gasteiger partial charge in [-0.2, -0.15) is 0 Å². The van der Waals surface area contributed by atoms with Gasteiger partial charge in [0, 0.05) is 19.6 Å². The summed E-state index contributed by atoms with van der Waals surface area (Å²) in [5.41, 5.74) is 0.807. The lowest BCUT2D eigenvalue weighted by Gasteiger charge is -2.34. The van der Waals surface area contributed by atoms with Crippen LogP contribution in [0.3, 0.4) is 0 Å². The van der Waals surface area contributed by atoms with Gasteiger partial charge in [-0.1, -0.05) is 50.7 Å². The number of nitrogens with two attached hydrogens (primary N) is 1. The van der Waals surface area contributed by atoms with Gasteiger partial charge in [0.05, 0.1) is 17.0 Å². The lowest BCUT2D eigenvalue weighted by Crippen LogP contribution is -2.54. The number of nitrogens with one attached hydrogen (secondary N) is 2. The van der Waals surface area contributed by atoms with Crippen LogP contribution in [0.25, 0.3) is 0 Å². The average molecular weight is 521 g/mol. The van der Waals surface area contributed by atoms with Gasteiger partial charge in [-0.15, -0.1) is 0 Å². The first-order valence-electron chi connectivity index (χ1n) is 13.6. The van der Waals surface area contributed by atoms with E-state index in [0.717, 1.165) is 31.2 Å². The molecule has 202 valence electrons. The highest BCUT2D eigenvalue weighted by Gasteiger charge is 2.31. The number of carbonyl (C=O) groups excluding carboxylic acids is 2. The molecule has 2 atom stereocenters. The van der Waals surface area contributed by atoms with Gasteiger partial charge < -0.3 is 10.6 Å². The largest absolute Gasteiger partial charge is 0.354 e. The van der Waals surface area contributed by atoms with E-state index in [0.29, 0.717) is 31.5 Å². The SMILES string of the molecule is C[C@@H](C(=O)NCC1CCCCC1)N(Cc1ccc(S(N)(=O)=O)cc1)[C@@H](C)C(=O)NCC1CCCCC1. The van der Waals surface area contributed by atoms with Crippen LogP contribution in [0.4, 0.5) is 0 Å². The van der Waals surface area contributed by atoms with E-state index in [1.165, 1.54) is 50.7 Å². The molecule has 0 radical (unpaired) electrons. The zero-order valence-corrected chi connectivity index (χ0v) is 22.7. The molecule has 2 aliphatic carbocycles. The van der Waals surface area contributed by atoms with Crippen LogP contribution in [0.5, 0.6) is 0 Å². The molecule has 0 bridgehead atoms. The molecule has 0 heterocycles. The van der Waals surface area contributed by atoms with Crippen molar-refractivity contribution >= 4 is 21.8 Å². The van der Waals surface area contributed by atoms with E-state index in [9.17, 15) is 18.0 Å². The normalized spacial score (nSPS) is 19.6. The Balaban J connectivity index is 1.68. The van der Waals surface area contributed by atoms with Gasteiger partial charge in [0.2, 0.25) is 21.8 Å².